The maximum Gasteiger partial charge on any atom is 0.246 e. The van der Waals surface area contributed by atoms with Crippen LogP contribution in [0.3, 0.4) is 0 Å². The van der Waals surface area contributed by atoms with Gasteiger partial charge in [0.25, 0.3) is 0 Å². The van der Waals surface area contributed by atoms with Gasteiger partial charge in [-0.3, -0.25) is 9.69 Å². The average molecular weight is 344 g/mol. The molecule has 26 heavy (non-hydrogen) atoms. The molecule has 3 rings (SSSR count). The van der Waals surface area contributed by atoms with Crippen molar-refractivity contribution in [2.24, 2.45) is 0 Å². The molecule has 3 aromatic rings. The van der Waals surface area contributed by atoms with Gasteiger partial charge in [-0.25, -0.2) is 0 Å². The van der Waals surface area contributed by atoms with Crippen molar-refractivity contribution in [3.05, 3.63) is 102 Å². The fourth-order valence-corrected chi connectivity index (χ4v) is 3.05. The van der Waals surface area contributed by atoms with Crippen molar-refractivity contribution in [2.45, 2.75) is 19.5 Å². The third-order valence-electron chi connectivity index (χ3n) is 4.40. The zero-order chi connectivity index (χ0) is 18.4. The Labute approximate surface area is 155 Å². The van der Waals surface area contributed by atoms with E-state index in [0.29, 0.717) is 6.54 Å². The molecule has 1 N–H and O–H groups in total. The zero-order valence-corrected chi connectivity index (χ0v) is 15.2. The van der Waals surface area contributed by atoms with Gasteiger partial charge in [0.15, 0.2) is 0 Å². The Morgan fingerprint density at radius 2 is 1.46 bits per heavy atom. The first-order valence-electron chi connectivity index (χ1n) is 8.80. The van der Waals surface area contributed by atoms with Crippen LogP contribution in [-0.4, -0.2) is 17.9 Å². The number of anilines is 1. The van der Waals surface area contributed by atoms with Gasteiger partial charge in [0.05, 0.1) is 0 Å². The van der Waals surface area contributed by atoms with Gasteiger partial charge in [-0.15, -0.1) is 0 Å². The van der Waals surface area contributed by atoms with Crippen molar-refractivity contribution in [1.29, 1.82) is 0 Å². The first-order chi connectivity index (χ1) is 12.6. The largest absolute Gasteiger partial charge is 0.324 e. The minimum Gasteiger partial charge on any atom is -0.324 e. The number of benzene rings is 3. The third kappa shape index (κ3) is 4.58. The molecule has 0 fully saturated rings. The monoisotopic (exact) mass is 344 g/mol. The molecule has 0 heterocycles. The predicted octanol–water partition coefficient (Wildman–Crippen LogP) is 4.81. The molecule has 0 aliphatic carbocycles. The number of carbonyl (C=O) groups excluding carboxylic acids is 1. The summed E-state index contributed by atoms with van der Waals surface area (Å²) < 4.78 is 0. The molecule has 132 valence electrons. The highest BCUT2D eigenvalue weighted by molar-refractivity contribution is 5.95. The molecule has 3 aromatic carbocycles. The van der Waals surface area contributed by atoms with E-state index >= 15 is 0 Å². The first kappa shape index (κ1) is 17.9. The Bertz CT molecular complexity index is 829. The highest BCUT2D eigenvalue weighted by Crippen LogP contribution is 2.23. The molecule has 3 heteroatoms. The summed E-state index contributed by atoms with van der Waals surface area (Å²) in [5, 5.41) is 3.05. The van der Waals surface area contributed by atoms with Crippen LogP contribution in [0.4, 0.5) is 5.69 Å². The summed E-state index contributed by atoms with van der Waals surface area (Å²) in [6.45, 7) is 2.73. The van der Waals surface area contributed by atoms with Crippen LogP contribution >= 0.6 is 0 Å². The maximum atomic E-state index is 13.1. The maximum absolute atomic E-state index is 13.1. The molecule has 3 nitrogen and oxygen atoms in total. The van der Waals surface area contributed by atoms with Crippen LogP contribution < -0.4 is 5.32 Å². The number of nitrogens with one attached hydrogen (secondary N) is 1. The van der Waals surface area contributed by atoms with E-state index in [1.807, 2.05) is 86.8 Å². The molecule has 0 saturated heterocycles. The number of rotatable bonds is 6. The first-order valence-corrected chi connectivity index (χ1v) is 8.80. The van der Waals surface area contributed by atoms with Crippen LogP contribution in [0.15, 0.2) is 84.9 Å². The van der Waals surface area contributed by atoms with E-state index in [9.17, 15) is 4.79 Å². The smallest absolute Gasteiger partial charge is 0.246 e. The predicted molar refractivity (Wildman–Crippen MR) is 107 cm³/mol. The van der Waals surface area contributed by atoms with E-state index in [0.717, 1.165) is 11.3 Å². The SMILES string of the molecule is Cc1ccc(NC(=O)C(c2ccccc2)N(C)Cc2ccccc2)cc1. The van der Waals surface area contributed by atoms with Gasteiger partial charge in [-0.1, -0.05) is 78.4 Å². The number of hydrogen-bond donors (Lipinski definition) is 1. The Hall–Kier alpha value is -2.91. The molecule has 0 aromatic heterocycles. The molecule has 1 atom stereocenters. The average Bonchev–Trinajstić information content (AvgIpc) is 2.65. The summed E-state index contributed by atoms with van der Waals surface area (Å²) in [6.07, 6.45) is 0. The highest BCUT2D eigenvalue weighted by atomic mass is 16.2. The van der Waals surface area contributed by atoms with Crippen LogP contribution in [0.2, 0.25) is 0 Å². The van der Waals surface area contributed by atoms with Crippen LogP contribution in [0.5, 0.6) is 0 Å². The number of hydrogen-bond acceptors (Lipinski definition) is 2. The van der Waals surface area contributed by atoms with E-state index in [1.165, 1.54) is 11.1 Å². The van der Waals surface area contributed by atoms with Crippen LogP contribution in [0.1, 0.15) is 22.7 Å². The quantitative estimate of drug-likeness (QED) is 0.696. The molecule has 1 unspecified atom stereocenters. The standard InChI is InChI=1S/C23H24N2O/c1-18-13-15-21(16-14-18)24-23(26)22(20-11-7-4-8-12-20)25(2)17-19-9-5-3-6-10-19/h3-16,22H,17H2,1-2H3,(H,24,26). The molecule has 0 aliphatic rings. The minimum atomic E-state index is -0.363. The van der Waals surface area contributed by atoms with Gasteiger partial charge in [0, 0.05) is 12.2 Å². The second-order valence-electron chi connectivity index (χ2n) is 6.57. The summed E-state index contributed by atoms with van der Waals surface area (Å²) >= 11 is 0. The topological polar surface area (TPSA) is 32.3 Å². The third-order valence-corrected chi connectivity index (χ3v) is 4.40. The van der Waals surface area contributed by atoms with Gasteiger partial charge in [-0.05, 0) is 37.2 Å². The zero-order valence-electron chi connectivity index (χ0n) is 15.2. The van der Waals surface area contributed by atoms with E-state index in [-0.39, 0.29) is 11.9 Å². The van der Waals surface area contributed by atoms with E-state index in [2.05, 4.69) is 22.3 Å². The second kappa shape index (κ2) is 8.45. The normalized spacial score (nSPS) is 12.0. The molecule has 1 amide bonds. The fraction of sp³-hybridized carbons (Fsp3) is 0.174. The fourth-order valence-electron chi connectivity index (χ4n) is 3.05. The van der Waals surface area contributed by atoms with Crippen molar-refractivity contribution >= 4 is 11.6 Å². The number of carbonyl (C=O) groups is 1. The van der Waals surface area contributed by atoms with Crippen LogP contribution in [-0.2, 0) is 11.3 Å². The second-order valence-corrected chi connectivity index (χ2v) is 6.57. The molecule has 0 saturated carbocycles. The van der Waals surface area contributed by atoms with Gasteiger partial charge >= 0.3 is 0 Å². The van der Waals surface area contributed by atoms with Crippen LogP contribution in [0.25, 0.3) is 0 Å². The van der Waals surface area contributed by atoms with E-state index in [1.54, 1.807) is 0 Å². The van der Waals surface area contributed by atoms with Crippen molar-refractivity contribution in [3.63, 3.8) is 0 Å². The van der Waals surface area contributed by atoms with Crippen molar-refractivity contribution < 1.29 is 4.79 Å². The highest BCUT2D eigenvalue weighted by Gasteiger charge is 2.25. The summed E-state index contributed by atoms with van der Waals surface area (Å²) in [7, 11) is 1.99. The number of likely N-dealkylation sites (N-methyl/N-ethyl adjacent to an activating group) is 1. The Kier molecular flexibility index (Phi) is 5.82. The summed E-state index contributed by atoms with van der Waals surface area (Å²) in [6, 6.07) is 27.6. The molecule has 0 aliphatic heterocycles. The summed E-state index contributed by atoms with van der Waals surface area (Å²) in [5.41, 5.74) is 4.15. The summed E-state index contributed by atoms with van der Waals surface area (Å²) in [5.74, 6) is -0.0292. The van der Waals surface area contributed by atoms with Gasteiger partial charge in [-0.2, -0.15) is 0 Å². The van der Waals surface area contributed by atoms with E-state index in [4.69, 9.17) is 0 Å². The lowest BCUT2D eigenvalue weighted by atomic mass is 10.0. The van der Waals surface area contributed by atoms with Gasteiger partial charge < -0.3 is 5.32 Å². The minimum absolute atomic E-state index is 0.0292. The van der Waals surface area contributed by atoms with Crippen LogP contribution in [0, 0.1) is 6.92 Å². The Morgan fingerprint density at radius 1 is 0.885 bits per heavy atom. The van der Waals surface area contributed by atoms with Gasteiger partial charge in [0.2, 0.25) is 5.91 Å². The molecule has 0 radical (unpaired) electrons. The summed E-state index contributed by atoms with van der Waals surface area (Å²) in [4.78, 5) is 15.2. The molecular formula is C23H24N2O. The van der Waals surface area contributed by atoms with Crippen molar-refractivity contribution in [2.75, 3.05) is 12.4 Å². The van der Waals surface area contributed by atoms with Gasteiger partial charge in [0.1, 0.15) is 6.04 Å². The lowest BCUT2D eigenvalue weighted by Crippen LogP contribution is -2.34. The lowest BCUT2D eigenvalue weighted by Gasteiger charge is -2.27. The molecule has 0 spiro atoms. The number of amides is 1. The van der Waals surface area contributed by atoms with Crippen molar-refractivity contribution in [1.82, 2.24) is 4.90 Å². The number of aryl methyl sites for hydroxylation is 1. The Morgan fingerprint density at radius 3 is 2.08 bits per heavy atom. The van der Waals surface area contributed by atoms with Crippen molar-refractivity contribution in [3.8, 4) is 0 Å². The van der Waals surface area contributed by atoms with E-state index < -0.39 is 0 Å². The lowest BCUT2D eigenvalue weighted by molar-refractivity contribution is -0.121. The molecular weight excluding hydrogens is 320 g/mol. The number of nitrogens with zero attached hydrogens (tertiary/aromatic N) is 1. The molecule has 0 bridgehead atoms. The Balaban J connectivity index is 1.83.